The van der Waals surface area contributed by atoms with Crippen molar-refractivity contribution in [2.24, 2.45) is 0 Å². The molecule has 0 saturated heterocycles. The van der Waals surface area contributed by atoms with E-state index in [1.54, 1.807) is 0 Å². The Balaban J connectivity index is 0. The zero-order chi connectivity index (χ0) is 12.9. The van der Waals surface area contributed by atoms with E-state index in [9.17, 15) is 9.13 Å². The monoisotopic (exact) mass is 292 g/mol. The van der Waals surface area contributed by atoms with Crippen molar-refractivity contribution in [2.75, 3.05) is 0 Å². The minimum absolute atomic E-state index is 3.00. The van der Waals surface area contributed by atoms with E-state index in [2.05, 4.69) is 9.35 Å². The minimum Gasteiger partial charge on any atom is -0.303 e. The van der Waals surface area contributed by atoms with Crippen LogP contribution in [0.3, 0.4) is 0 Å². The summed E-state index contributed by atoms with van der Waals surface area (Å²) in [6.07, 6.45) is 0. The van der Waals surface area contributed by atoms with Gasteiger partial charge in [0.05, 0.1) is 0 Å². The largest absolute Gasteiger partial charge is 0.497 e. The normalized spacial score (nSPS) is 13.0. The third-order valence-corrected chi connectivity index (χ3v) is 0.883. The van der Waals surface area contributed by atoms with Gasteiger partial charge in [0.2, 0.25) is 0 Å². The van der Waals surface area contributed by atoms with Gasteiger partial charge in [-0.1, -0.05) is 0 Å². The molecule has 0 aliphatic carbocycles. The first-order valence-electron chi connectivity index (χ1n) is 2.48. The van der Waals surface area contributed by atoms with E-state index in [4.69, 9.17) is 38.8 Å². The molecule has 0 aliphatic heterocycles. The highest BCUT2D eigenvalue weighted by Crippen LogP contribution is 2.45. The lowest BCUT2D eigenvalue weighted by Crippen LogP contribution is -1.89. The van der Waals surface area contributed by atoms with Gasteiger partial charge in [-0.05, 0) is 0 Å². The number of hydrogen-bond acceptors (Lipinski definition) is 5. The van der Waals surface area contributed by atoms with Gasteiger partial charge in [0.1, 0.15) is 0 Å². The second-order valence-corrected chi connectivity index (χ2v) is 4.93. The van der Waals surface area contributed by atoms with Crippen molar-refractivity contribution in [1.29, 1.82) is 0 Å². The van der Waals surface area contributed by atoms with Crippen LogP contribution in [0.25, 0.3) is 0 Å². The van der Waals surface area contributed by atoms with Gasteiger partial charge in [-0.2, -0.15) is 0 Å². The summed E-state index contributed by atoms with van der Waals surface area (Å²) in [5, 5.41) is 0. The molecule has 15 heavy (non-hydrogen) atoms. The Hall–Kier alpha value is 0.330. The Morgan fingerprint density at radius 1 is 0.600 bits per heavy atom. The molecule has 0 aliphatic rings. The van der Waals surface area contributed by atoms with Gasteiger partial charge in [0, 0.05) is 0 Å². The number of phosphoric acid groups is 3. The van der Waals surface area contributed by atoms with E-state index in [0.29, 0.717) is 0 Å². The van der Waals surface area contributed by atoms with Crippen molar-refractivity contribution < 1.29 is 57.3 Å². The molecule has 0 rings (SSSR count). The summed E-state index contributed by atoms with van der Waals surface area (Å²) < 4.78 is 34.2. The molecule has 0 aromatic heterocycles. The average Bonchev–Trinajstić information content (AvgIpc) is 1.76. The lowest BCUT2D eigenvalue weighted by Gasteiger charge is -2.03. The Bertz CT molecular complexity index is 265. The molecule has 15 heteroatoms. The van der Waals surface area contributed by atoms with Crippen LogP contribution >= 0.6 is 23.5 Å². The number of rotatable bonds is 3. The van der Waals surface area contributed by atoms with E-state index < -0.39 is 23.5 Å². The van der Waals surface area contributed by atoms with Crippen LogP contribution in [-0.4, -0.2) is 34.3 Å². The second kappa shape index (κ2) is 6.16. The van der Waals surface area contributed by atoms with Crippen LogP contribution < -0.4 is 0 Å². The lowest BCUT2D eigenvalue weighted by molar-refractivity contribution is -0.142. The second-order valence-electron chi connectivity index (χ2n) is 1.64. The molecule has 0 aromatic rings. The molecular weight excluding hydrogens is 285 g/mol. The van der Waals surface area contributed by atoms with Crippen molar-refractivity contribution in [3.05, 3.63) is 0 Å². The van der Waals surface area contributed by atoms with Gasteiger partial charge in [0.15, 0.2) is 0 Å². The number of hydrogen-bond donors (Lipinski definition) is 7. The Kier molecular flexibility index (Phi) is 7.28. The first-order valence-corrected chi connectivity index (χ1v) is 7.11. The summed E-state index contributed by atoms with van der Waals surface area (Å²) in [7, 11) is -14.6. The van der Waals surface area contributed by atoms with Crippen LogP contribution in [0.1, 0.15) is 0 Å². The lowest BCUT2D eigenvalue weighted by atomic mass is 14.9. The highest BCUT2D eigenvalue weighted by Gasteiger charge is 2.24. The van der Waals surface area contributed by atoms with Crippen molar-refractivity contribution in [2.45, 2.75) is 0 Å². The molecule has 0 radical (unpaired) electrons. The van der Waals surface area contributed by atoms with Crippen LogP contribution in [0.4, 0.5) is 0 Å². The predicted molar refractivity (Wildman–Crippen MR) is 40.5 cm³/mol. The molecule has 0 fully saturated rings. The third kappa shape index (κ3) is 40.5. The van der Waals surface area contributed by atoms with Crippen LogP contribution in [0.2, 0.25) is 0 Å². The Morgan fingerprint density at radius 3 is 0.800 bits per heavy atom. The van der Waals surface area contributed by atoms with E-state index in [0.717, 1.165) is 0 Å². The maximum absolute atomic E-state index is 9.68. The highest BCUT2D eigenvalue weighted by molar-refractivity contribution is 7.48. The van der Waals surface area contributed by atoms with Crippen LogP contribution in [0, 0.1) is 0 Å². The summed E-state index contributed by atoms with van der Waals surface area (Å²) >= 11 is 0. The van der Waals surface area contributed by atoms with E-state index >= 15 is 0 Å². The van der Waals surface area contributed by atoms with Gasteiger partial charge >= 0.3 is 23.5 Å². The SMILES string of the molecule is O=P(O)(O)O.O=P(O)(O)OOP(=O)(O)O. The summed E-state index contributed by atoms with van der Waals surface area (Å²) in [6.45, 7) is 0. The summed E-state index contributed by atoms with van der Waals surface area (Å²) in [5.41, 5.74) is 0. The van der Waals surface area contributed by atoms with Crippen molar-refractivity contribution in [1.82, 2.24) is 0 Å². The summed E-state index contributed by atoms with van der Waals surface area (Å²) in [4.78, 5) is 52.8. The Labute approximate surface area is 81.7 Å². The van der Waals surface area contributed by atoms with Gasteiger partial charge in [-0.25, -0.2) is 13.7 Å². The zero-order valence-corrected chi connectivity index (χ0v) is 9.20. The molecule has 0 bridgehead atoms. The molecule has 94 valence electrons. The van der Waals surface area contributed by atoms with Gasteiger partial charge in [-0.3, -0.25) is 0 Å². The molecule has 12 nitrogen and oxygen atoms in total. The predicted octanol–water partition coefficient (Wildman–Crippen LogP) is -1.81. The fraction of sp³-hybridized carbons (Fsp3) is 0. The standard InChI is InChI=1S/H4O8P2.H3O4P/c1-9(2,3)7-8-10(4,5)6;1-5(2,3)4/h(H2,1,2,3)(H2,4,5,6);(H3,1,2,3,4). The smallest absolute Gasteiger partial charge is 0.303 e. The van der Waals surface area contributed by atoms with Crippen LogP contribution in [0.5, 0.6) is 0 Å². The van der Waals surface area contributed by atoms with E-state index in [1.165, 1.54) is 0 Å². The van der Waals surface area contributed by atoms with Gasteiger partial charge in [-0.15, -0.1) is 9.35 Å². The van der Waals surface area contributed by atoms with Crippen molar-refractivity contribution in [3.63, 3.8) is 0 Å². The molecular formula is H7O12P3. The first-order chi connectivity index (χ1) is 6.21. The fourth-order valence-electron chi connectivity index (χ4n) is 0.0868. The van der Waals surface area contributed by atoms with Crippen LogP contribution in [-0.2, 0) is 23.0 Å². The summed E-state index contributed by atoms with van der Waals surface area (Å²) in [6, 6.07) is 0. The molecule has 7 N–H and O–H groups in total. The highest BCUT2D eigenvalue weighted by atomic mass is 31.2. The first kappa shape index (κ1) is 17.7. The van der Waals surface area contributed by atoms with Gasteiger partial charge in [0.25, 0.3) is 0 Å². The van der Waals surface area contributed by atoms with Crippen LogP contribution in [0.15, 0.2) is 0 Å². The molecule has 0 saturated carbocycles. The minimum atomic E-state index is -4.98. The maximum atomic E-state index is 9.68. The van der Waals surface area contributed by atoms with Gasteiger partial charge < -0.3 is 34.3 Å². The third-order valence-electron chi connectivity index (χ3n) is 0.228. The molecule has 0 spiro atoms. The fourth-order valence-corrected chi connectivity index (χ4v) is 0.782. The van der Waals surface area contributed by atoms with Crippen molar-refractivity contribution in [3.8, 4) is 0 Å². The van der Waals surface area contributed by atoms with Crippen molar-refractivity contribution >= 4 is 23.5 Å². The van der Waals surface area contributed by atoms with E-state index in [1.807, 2.05) is 0 Å². The summed E-state index contributed by atoms with van der Waals surface area (Å²) in [5.74, 6) is 0. The molecule has 0 heterocycles. The van der Waals surface area contributed by atoms with E-state index in [-0.39, 0.29) is 0 Å². The molecule has 0 amide bonds. The average molecular weight is 292 g/mol. The zero-order valence-electron chi connectivity index (χ0n) is 6.51. The topological polar surface area (TPSA) is 211 Å². The maximum Gasteiger partial charge on any atom is 0.497 e. The quantitative estimate of drug-likeness (QED) is 0.174. The molecule has 0 unspecified atom stereocenters. The molecule has 0 atom stereocenters. The molecule has 0 aromatic carbocycles. The Morgan fingerprint density at radius 2 is 0.733 bits per heavy atom.